The van der Waals surface area contributed by atoms with Gasteiger partial charge >= 0.3 is 11.9 Å². The number of carboxylic acid groups (broad SMARTS) is 1. The lowest BCUT2D eigenvalue weighted by atomic mass is 9.88. The van der Waals surface area contributed by atoms with Crippen LogP contribution in [0.3, 0.4) is 0 Å². The summed E-state index contributed by atoms with van der Waals surface area (Å²) in [6, 6.07) is 25.5. The average molecular weight is 457 g/mol. The molecule has 0 unspecified atom stereocenters. The molecule has 0 aromatic heterocycles. The van der Waals surface area contributed by atoms with Gasteiger partial charge in [-0.2, -0.15) is 0 Å². The summed E-state index contributed by atoms with van der Waals surface area (Å²) in [5, 5.41) is 8.88. The van der Waals surface area contributed by atoms with Gasteiger partial charge in [0.2, 0.25) is 0 Å². The minimum atomic E-state index is -0.981. The first-order chi connectivity index (χ1) is 16.5. The van der Waals surface area contributed by atoms with Gasteiger partial charge in [0.15, 0.2) is 0 Å². The number of hydrogen-bond acceptors (Lipinski definition) is 4. The first-order valence-corrected chi connectivity index (χ1v) is 11.1. The molecule has 3 rings (SSSR count). The Morgan fingerprint density at radius 1 is 0.853 bits per heavy atom. The lowest BCUT2D eigenvalue weighted by Gasteiger charge is -2.17. The van der Waals surface area contributed by atoms with Gasteiger partial charge in [-0.3, -0.25) is 4.79 Å². The summed E-state index contributed by atoms with van der Waals surface area (Å²) in [4.78, 5) is 22.8. The van der Waals surface area contributed by atoms with E-state index in [1.54, 1.807) is 25.3 Å². The van der Waals surface area contributed by atoms with Crippen molar-refractivity contribution >= 4 is 29.2 Å². The monoisotopic (exact) mass is 456 g/mol. The highest BCUT2D eigenvalue weighted by Crippen LogP contribution is 2.35. The smallest absolute Gasteiger partial charge is 0.328 e. The van der Waals surface area contributed by atoms with Crippen LogP contribution in [0.2, 0.25) is 0 Å². The first kappa shape index (κ1) is 24.7. The zero-order chi connectivity index (χ0) is 24.3. The van der Waals surface area contributed by atoms with Crippen molar-refractivity contribution in [1.29, 1.82) is 0 Å². The van der Waals surface area contributed by atoms with E-state index in [2.05, 4.69) is 19.1 Å². The van der Waals surface area contributed by atoms with Gasteiger partial charge in [-0.25, -0.2) is 4.79 Å². The van der Waals surface area contributed by atoms with Crippen molar-refractivity contribution in [3.63, 3.8) is 0 Å². The fraction of sp³-hybridized carbons (Fsp3) is 0.172. The molecular weight excluding hydrogens is 428 g/mol. The van der Waals surface area contributed by atoms with E-state index in [0.29, 0.717) is 12.4 Å². The zero-order valence-corrected chi connectivity index (χ0v) is 19.4. The number of carboxylic acids is 1. The molecule has 0 spiro atoms. The van der Waals surface area contributed by atoms with Gasteiger partial charge in [-0.15, -0.1) is 0 Å². The van der Waals surface area contributed by atoms with Crippen molar-refractivity contribution in [2.24, 2.45) is 0 Å². The van der Waals surface area contributed by atoms with Crippen LogP contribution in [0.1, 0.15) is 42.0 Å². The quantitative estimate of drug-likeness (QED) is 0.173. The van der Waals surface area contributed by atoms with Gasteiger partial charge in [-0.1, -0.05) is 73.7 Å². The van der Waals surface area contributed by atoms with Crippen molar-refractivity contribution in [2.75, 3.05) is 13.7 Å². The Balaban J connectivity index is 2.02. The maximum Gasteiger partial charge on any atom is 0.328 e. The van der Waals surface area contributed by atoms with Gasteiger partial charge in [0, 0.05) is 13.2 Å². The normalized spacial score (nSPS) is 11.8. The minimum Gasteiger partial charge on any atom is -0.478 e. The first-order valence-electron chi connectivity index (χ1n) is 11.1. The van der Waals surface area contributed by atoms with Crippen LogP contribution in [-0.4, -0.2) is 30.8 Å². The molecule has 0 heterocycles. The summed E-state index contributed by atoms with van der Waals surface area (Å²) in [5.74, 6) is -0.838. The molecule has 174 valence electrons. The minimum absolute atomic E-state index is 0.195. The second-order valence-electron chi connectivity index (χ2n) is 7.61. The number of allylic oxidation sites excluding steroid dienone is 1. The predicted octanol–water partition coefficient (Wildman–Crippen LogP) is 6.10. The summed E-state index contributed by atoms with van der Waals surface area (Å²) in [7, 11) is 1.54. The van der Waals surface area contributed by atoms with Crippen molar-refractivity contribution in [3.8, 4) is 5.75 Å². The van der Waals surface area contributed by atoms with Gasteiger partial charge in [0.25, 0.3) is 0 Å². The number of benzene rings is 3. The largest absolute Gasteiger partial charge is 0.478 e. The van der Waals surface area contributed by atoms with Gasteiger partial charge in [0.05, 0.1) is 13.0 Å². The van der Waals surface area contributed by atoms with E-state index in [0.717, 1.165) is 40.3 Å². The van der Waals surface area contributed by atoms with Gasteiger partial charge in [-0.05, 0) is 58.0 Å². The van der Waals surface area contributed by atoms with Crippen molar-refractivity contribution in [3.05, 3.63) is 107 Å². The highest BCUT2D eigenvalue weighted by Gasteiger charge is 2.14. The SMILES string of the molecule is CC/C(=C(/c1ccc(/C=C/C(=O)O)cc1)c1ccc(OC(=O)CCOC)cc1)c1ccccc1. The standard InChI is InChI=1S/C29H28O5/c1-3-26(22-7-5-4-6-8-22)29(23-12-9-21(10-13-23)11-18-27(30)31)24-14-16-25(17-15-24)34-28(32)19-20-33-2/h4-18H,3,19-20H2,1-2H3,(H,30,31)/b18-11+,29-26+. The summed E-state index contributed by atoms with van der Waals surface area (Å²) in [6.45, 7) is 2.44. The molecule has 3 aromatic carbocycles. The molecule has 0 bridgehead atoms. The Hall–Kier alpha value is -3.96. The van der Waals surface area contributed by atoms with Crippen LogP contribution in [-0.2, 0) is 14.3 Å². The van der Waals surface area contributed by atoms with Crippen LogP contribution in [0.25, 0.3) is 17.2 Å². The number of rotatable bonds is 10. The Morgan fingerprint density at radius 2 is 1.47 bits per heavy atom. The van der Waals surface area contributed by atoms with Crippen LogP contribution in [0.15, 0.2) is 84.9 Å². The molecule has 0 fully saturated rings. The fourth-order valence-electron chi connectivity index (χ4n) is 3.67. The maximum atomic E-state index is 11.9. The molecule has 0 radical (unpaired) electrons. The number of carbonyl (C=O) groups excluding carboxylic acids is 1. The Labute approximate surface area is 200 Å². The zero-order valence-electron chi connectivity index (χ0n) is 19.4. The number of carbonyl (C=O) groups is 2. The average Bonchev–Trinajstić information content (AvgIpc) is 2.86. The fourth-order valence-corrected chi connectivity index (χ4v) is 3.67. The second-order valence-corrected chi connectivity index (χ2v) is 7.61. The molecule has 0 atom stereocenters. The summed E-state index contributed by atoms with van der Waals surface area (Å²) in [5.41, 5.74) is 6.19. The van der Waals surface area contributed by atoms with E-state index in [1.165, 1.54) is 5.57 Å². The molecule has 0 aliphatic carbocycles. The summed E-state index contributed by atoms with van der Waals surface area (Å²) >= 11 is 0. The highest BCUT2D eigenvalue weighted by molar-refractivity contribution is 5.98. The van der Waals surface area contributed by atoms with E-state index < -0.39 is 5.97 Å². The lowest BCUT2D eigenvalue weighted by molar-refractivity contribution is -0.135. The second kappa shape index (κ2) is 12.3. The molecule has 0 saturated heterocycles. The Bertz CT molecular complexity index is 1160. The topological polar surface area (TPSA) is 72.8 Å². The molecule has 0 aliphatic heterocycles. The van der Waals surface area contributed by atoms with Crippen LogP contribution in [0.4, 0.5) is 0 Å². The molecule has 0 saturated carbocycles. The van der Waals surface area contributed by atoms with E-state index in [1.807, 2.05) is 54.6 Å². The van der Waals surface area contributed by atoms with Gasteiger partial charge in [0.1, 0.15) is 5.75 Å². The van der Waals surface area contributed by atoms with E-state index in [9.17, 15) is 9.59 Å². The van der Waals surface area contributed by atoms with Crippen molar-refractivity contribution in [1.82, 2.24) is 0 Å². The molecule has 0 amide bonds. The van der Waals surface area contributed by atoms with Gasteiger partial charge < -0.3 is 14.6 Å². The number of ether oxygens (including phenoxy) is 2. The Morgan fingerprint density at radius 3 is 2.03 bits per heavy atom. The van der Waals surface area contributed by atoms with Crippen LogP contribution in [0.5, 0.6) is 5.75 Å². The van der Waals surface area contributed by atoms with E-state index in [4.69, 9.17) is 14.6 Å². The molecule has 34 heavy (non-hydrogen) atoms. The maximum absolute atomic E-state index is 11.9. The third kappa shape index (κ3) is 6.77. The summed E-state index contributed by atoms with van der Waals surface area (Å²) in [6.07, 6.45) is 3.70. The third-order valence-corrected chi connectivity index (χ3v) is 5.28. The van der Waals surface area contributed by atoms with E-state index >= 15 is 0 Å². The molecule has 5 nitrogen and oxygen atoms in total. The molecule has 3 aromatic rings. The van der Waals surface area contributed by atoms with E-state index in [-0.39, 0.29) is 12.4 Å². The lowest BCUT2D eigenvalue weighted by Crippen LogP contribution is -2.10. The summed E-state index contributed by atoms with van der Waals surface area (Å²) < 4.78 is 10.3. The van der Waals surface area contributed by atoms with Crippen molar-refractivity contribution < 1.29 is 24.2 Å². The predicted molar refractivity (Wildman–Crippen MR) is 134 cm³/mol. The molecular formula is C29H28O5. The van der Waals surface area contributed by atoms with Crippen LogP contribution < -0.4 is 4.74 Å². The number of hydrogen-bond donors (Lipinski definition) is 1. The molecule has 5 heteroatoms. The van der Waals surface area contributed by atoms with Crippen LogP contribution >= 0.6 is 0 Å². The third-order valence-electron chi connectivity index (χ3n) is 5.28. The van der Waals surface area contributed by atoms with Crippen molar-refractivity contribution in [2.45, 2.75) is 19.8 Å². The number of aliphatic carboxylic acids is 1. The highest BCUT2D eigenvalue weighted by atomic mass is 16.5. The number of esters is 1. The number of methoxy groups -OCH3 is 1. The molecule has 0 aliphatic rings. The molecule has 1 N–H and O–H groups in total. The van der Waals surface area contributed by atoms with Crippen LogP contribution in [0, 0.1) is 0 Å². The Kier molecular flexibility index (Phi) is 8.95.